The molecule has 0 saturated carbocycles. The summed E-state index contributed by atoms with van der Waals surface area (Å²) in [7, 11) is 3.55. The van der Waals surface area contributed by atoms with Gasteiger partial charge in [-0.05, 0) is 24.5 Å². The van der Waals surface area contributed by atoms with Crippen LogP contribution in [-0.2, 0) is 26.3 Å². The third kappa shape index (κ3) is 6.83. The van der Waals surface area contributed by atoms with Crippen LogP contribution in [0.15, 0.2) is 35.6 Å². The molecule has 1 aromatic carbocycles. The van der Waals surface area contributed by atoms with E-state index in [0.717, 1.165) is 37.8 Å². The van der Waals surface area contributed by atoms with Crippen molar-refractivity contribution in [3.05, 3.63) is 47.5 Å². The topological polar surface area (TPSA) is 70.4 Å². The van der Waals surface area contributed by atoms with Crippen molar-refractivity contribution in [1.82, 2.24) is 30.3 Å². The van der Waals surface area contributed by atoms with Gasteiger partial charge in [0.25, 0.3) is 0 Å². The molecule has 0 amide bonds. The molecule has 0 unspecified atom stereocenters. The van der Waals surface area contributed by atoms with Gasteiger partial charge in [0, 0.05) is 39.8 Å². The predicted molar refractivity (Wildman–Crippen MR) is 119 cm³/mol. The summed E-state index contributed by atoms with van der Waals surface area (Å²) in [6.45, 7) is 2.67. The molecule has 1 saturated heterocycles. The van der Waals surface area contributed by atoms with Crippen molar-refractivity contribution in [3.63, 3.8) is 0 Å². The highest BCUT2D eigenvalue weighted by Crippen LogP contribution is 2.30. The average molecular weight is 537 g/mol. The molecule has 3 rings (SSSR count). The van der Waals surface area contributed by atoms with E-state index < -0.39 is 11.7 Å². The number of alkyl halides is 3. The van der Waals surface area contributed by atoms with Crippen molar-refractivity contribution in [2.24, 2.45) is 12.0 Å². The Kier molecular flexibility index (Phi) is 8.89. The number of aromatic nitrogens is 3. The zero-order chi connectivity index (χ0) is 20.9. The smallest absolute Gasteiger partial charge is 0.354 e. The van der Waals surface area contributed by atoms with Gasteiger partial charge < -0.3 is 10.6 Å². The summed E-state index contributed by atoms with van der Waals surface area (Å²) in [5.41, 5.74) is 0.0942. The zero-order valence-corrected chi connectivity index (χ0v) is 19.3. The normalized spacial score (nSPS) is 16.2. The molecule has 1 fully saturated rings. The number of rotatable bonds is 5. The largest absolute Gasteiger partial charge is 0.416 e. The van der Waals surface area contributed by atoms with Crippen LogP contribution < -0.4 is 10.6 Å². The van der Waals surface area contributed by atoms with Crippen molar-refractivity contribution >= 4 is 29.9 Å². The molecule has 2 aromatic rings. The van der Waals surface area contributed by atoms with Gasteiger partial charge in [-0.15, -0.1) is 24.0 Å². The predicted octanol–water partition coefficient (Wildman–Crippen LogP) is 2.78. The van der Waals surface area contributed by atoms with Crippen molar-refractivity contribution in [1.29, 1.82) is 0 Å². The Morgan fingerprint density at radius 3 is 2.60 bits per heavy atom. The highest BCUT2D eigenvalue weighted by atomic mass is 127. The van der Waals surface area contributed by atoms with E-state index in [1.807, 2.05) is 7.05 Å². The molecule has 0 atom stereocenters. The molecule has 0 spiro atoms. The molecule has 30 heavy (non-hydrogen) atoms. The van der Waals surface area contributed by atoms with E-state index in [-0.39, 0.29) is 30.0 Å². The maximum absolute atomic E-state index is 12.9. The third-order valence-electron chi connectivity index (χ3n) is 5.03. The first-order valence-electron chi connectivity index (χ1n) is 9.53. The van der Waals surface area contributed by atoms with Crippen molar-refractivity contribution in [2.45, 2.75) is 38.1 Å². The van der Waals surface area contributed by atoms with E-state index in [9.17, 15) is 13.2 Å². The fraction of sp³-hybridized carbons (Fsp3) is 0.526. The minimum Gasteiger partial charge on any atom is -0.354 e. The Hall–Kier alpha value is -1.89. The number of halogens is 4. The van der Waals surface area contributed by atoms with E-state index >= 15 is 0 Å². The highest BCUT2D eigenvalue weighted by Gasteiger charge is 2.30. The molecule has 2 N–H and O–H groups in total. The molecule has 2 heterocycles. The zero-order valence-electron chi connectivity index (χ0n) is 17.0. The van der Waals surface area contributed by atoms with Crippen molar-refractivity contribution < 1.29 is 13.2 Å². The van der Waals surface area contributed by atoms with Gasteiger partial charge in [-0.2, -0.15) is 18.3 Å². The SMILES string of the molecule is CN=C(NCc1ncnn1C)NC1CCN(Cc2cccc(C(F)(F)F)c2)CC1.I. The lowest BCUT2D eigenvalue weighted by atomic mass is 10.0. The maximum Gasteiger partial charge on any atom is 0.416 e. The maximum atomic E-state index is 12.9. The highest BCUT2D eigenvalue weighted by molar-refractivity contribution is 14.0. The first-order valence-corrected chi connectivity index (χ1v) is 9.53. The minimum absolute atomic E-state index is 0. The first-order chi connectivity index (χ1) is 13.8. The van der Waals surface area contributed by atoms with Gasteiger partial charge >= 0.3 is 6.18 Å². The molecule has 1 aliphatic heterocycles. The van der Waals surface area contributed by atoms with E-state index in [4.69, 9.17) is 0 Å². The van der Waals surface area contributed by atoms with E-state index in [2.05, 4.69) is 30.6 Å². The lowest BCUT2D eigenvalue weighted by Crippen LogP contribution is -2.48. The number of aliphatic imine (C=N–C) groups is 1. The molecular weight excluding hydrogens is 510 g/mol. The summed E-state index contributed by atoms with van der Waals surface area (Å²) < 4.78 is 40.3. The number of piperidine rings is 1. The van der Waals surface area contributed by atoms with Crippen LogP contribution in [0.4, 0.5) is 13.2 Å². The fourth-order valence-corrected chi connectivity index (χ4v) is 3.37. The Balaban J connectivity index is 0.00000320. The number of guanidine groups is 1. The number of benzene rings is 1. The molecule has 1 aliphatic rings. The van der Waals surface area contributed by atoms with Gasteiger partial charge in [0.1, 0.15) is 12.2 Å². The van der Waals surface area contributed by atoms with Crippen LogP contribution in [0.2, 0.25) is 0 Å². The van der Waals surface area contributed by atoms with Crippen LogP contribution in [0.3, 0.4) is 0 Å². The molecular formula is C19H27F3IN7. The lowest BCUT2D eigenvalue weighted by molar-refractivity contribution is -0.137. The number of hydrogen-bond acceptors (Lipinski definition) is 4. The molecule has 0 radical (unpaired) electrons. The second-order valence-corrected chi connectivity index (χ2v) is 7.12. The number of likely N-dealkylation sites (tertiary alicyclic amines) is 1. The summed E-state index contributed by atoms with van der Waals surface area (Å²) in [6.07, 6.45) is -1.01. The van der Waals surface area contributed by atoms with E-state index in [1.165, 1.54) is 18.5 Å². The van der Waals surface area contributed by atoms with Gasteiger partial charge in [-0.3, -0.25) is 14.6 Å². The van der Waals surface area contributed by atoms with Crippen molar-refractivity contribution in [2.75, 3.05) is 20.1 Å². The molecule has 0 bridgehead atoms. The molecule has 1 aromatic heterocycles. The Morgan fingerprint density at radius 2 is 2.00 bits per heavy atom. The average Bonchev–Trinajstić information content (AvgIpc) is 3.11. The number of nitrogens with zero attached hydrogens (tertiary/aromatic N) is 5. The summed E-state index contributed by atoms with van der Waals surface area (Å²) in [5.74, 6) is 1.51. The van der Waals surface area contributed by atoms with Crippen LogP contribution in [0.25, 0.3) is 0 Å². The number of nitrogens with one attached hydrogen (secondary N) is 2. The van der Waals surface area contributed by atoms with Gasteiger partial charge in [-0.25, -0.2) is 4.98 Å². The van der Waals surface area contributed by atoms with Crippen LogP contribution in [0.1, 0.15) is 29.8 Å². The summed E-state index contributed by atoms with van der Waals surface area (Å²) in [6, 6.07) is 5.83. The quantitative estimate of drug-likeness (QED) is 0.349. The third-order valence-corrected chi connectivity index (χ3v) is 5.03. The summed E-state index contributed by atoms with van der Waals surface area (Å²) >= 11 is 0. The first kappa shape index (κ1) is 24.4. The van der Waals surface area contributed by atoms with Crippen LogP contribution in [-0.4, -0.2) is 51.8 Å². The monoisotopic (exact) mass is 537 g/mol. The number of hydrogen-bond donors (Lipinski definition) is 2. The van der Waals surface area contributed by atoms with Gasteiger partial charge in [-0.1, -0.05) is 18.2 Å². The van der Waals surface area contributed by atoms with Gasteiger partial charge in [0.15, 0.2) is 5.96 Å². The molecule has 166 valence electrons. The van der Waals surface area contributed by atoms with Crippen LogP contribution >= 0.6 is 24.0 Å². The standard InChI is InChI=1S/C19H26F3N7.HI/c1-23-18(24-11-17-25-13-26-28(17)2)27-16-6-8-29(9-7-16)12-14-4-3-5-15(10-14)19(20,21)22;/h3-5,10,13,16H,6-9,11-12H2,1-2H3,(H2,23,24,27);1H. The summed E-state index contributed by atoms with van der Waals surface area (Å²) in [5, 5.41) is 10.7. The van der Waals surface area contributed by atoms with Gasteiger partial charge in [0.2, 0.25) is 0 Å². The lowest BCUT2D eigenvalue weighted by Gasteiger charge is -2.33. The molecule has 7 nitrogen and oxygen atoms in total. The van der Waals surface area contributed by atoms with Crippen LogP contribution in [0, 0.1) is 0 Å². The second-order valence-electron chi connectivity index (χ2n) is 7.12. The van der Waals surface area contributed by atoms with Crippen LogP contribution in [0.5, 0.6) is 0 Å². The molecule has 11 heteroatoms. The Bertz CT molecular complexity index is 830. The van der Waals surface area contributed by atoms with E-state index in [1.54, 1.807) is 17.8 Å². The van der Waals surface area contributed by atoms with Crippen molar-refractivity contribution in [3.8, 4) is 0 Å². The Labute approximate surface area is 191 Å². The number of aryl methyl sites for hydroxylation is 1. The second kappa shape index (κ2) is 10.9. The van der Waals surface area contributed by atoms with Gasteiger partial charge in [0.05, 0.1) is 12.1 Å². The van der Waals surface area contributed by atoms with E-state index in [0.29, 0.717) is 24.6 Å². The molecule has 0 aliphatic carbocycles. The summed E-state index contributed by atoms with van der Waals surface area (Å²) in [4.78, 5) is 10.6. The Morgan fingerprint density at radius 1 is 1.27 bits per heavy atom. The minimum atomic E-state index is -4.30. The fourth-order valence-electron chi connectivity index (χ4n) is 3.37.